The molecule has 0 saturated heterocycles. The standard InChI is InChI=1S/C17H17IO2/c1-20-15-7-4-13-8-9-17(19,16(13)10-15)11-12-2-5-14(18)6-3-12/h2-7,10,19H,8-9,11H2,1H3. The van der Waals surface area contributed by atoms with Crippen LogP contribution in [0, 0.1) is 3.57 Å². The summed E-state index contributed by atoms with van der Waals surface area (Å²) in [7, 11) is 1.66. The third-order valence-corrected chi connectivity index (χ3v) is 4.76. The monoisotopic (exact) mass is 380 g/mol. The molecule has 0 fully saturated rings. The zero-order valence-corrected chi connectivity index (χ0v) is 13.6. The van der Waals surface area contributed by atoms with Crippen LogP contribution in [0.2, 0.25) is 0 Å². The zero-order valence-electron chi connectivity index (χ0n) is 11.4. The van der Waals surface area contributed by atoms with Crippen LogP contribution in [0.5, 0.6) is 5.75 Å². The number of halogens is 1. The number of fused-ring (bicyclic) bond motifs is 1. The highest BCUT2D eigenvalue weighted by atomic mass is 127. The minimum absolute atomic E-state index is 0.657. The Balaban J connectivity index is 1.93. The molecular formula is C17H17IO2. The predicted octanol–water partition coefficient (Wildman–Crippen LogP) is 3.68. The number of hydrogen-bond donors (Lipinski definition) is 1. The summed E-state index contributed by atoms with van der Waals surface area (Å²) in [6.45, 7) is 0. The van der Waals surface area contributed by atoms with Gasteiger partial charge in [-0.2, -0.15) is 0 Å². The quantitative estimate of drug-likeness (QED) is 0.824. The molecule has 1 aliphatic carbocycles. The summed E-state index contributed by atoms with van der Waals surface area (Å²) in [5.41, 5.74) is 2.66. The zero-order chi connectivity index (χ0) is 14.2. The van der Waals surface area contributed by atoms with E-state index in [1.54, 1.807) is 7.11 Å². The molecule has 1 atom stereocenters. The van der Waals surface area contributed by atoms with Crippen molar-refractivity contribution < 1.29 is 9.84 Å². The van der Waals surface area contributed by atoms with Gasteiger partial charge in [0, 0.05) is 9.99 Å². The number of aryl methyl sites for hydroxylation is 1. The lowest BCUT2D eigenvalue weighted by atomic mass is 9.88. The molecule has 2 nitrogen and oxygen atoms in total. The van der Waals surface area contributed by atoms with Crippen molar-refractivity contribution in [3.63, 3.8) is 0 Å². The Kier molecular flexibility index (Phi) is 3.73. The second kappa shape index (κ2) is 5.37. The van der Waals surface area contributed by atoms with Crippen LogP contribution in [0.4, 0.5) is 0 Å². The molecule has 2 aromatic carbocycles. The maximum atomic E-state index is 11.0. The first-order chi connectivity index (χ1) is 9.60. The molecule has 2 aromatic rings. The lowest BCUT2D eigenvalue weighted by Crippen LogP contribution is -2.25. The minimum atomic E-state index is -0.767. The van der Waals surface area contributed by atoms with E-state index in [9.17, 15) is 5.11 Å². The average molecular weight is 380 g/mol. The number of aliphatic hydroxyl groups is 1. The molecule has 0 spiro atoms. The van der Waals surface area contributed by atoms with E-state index in [1.165, 1.54) is 14.7 Å². The van der Waals surface area contributed by atoms with Crippen LogP contribution in [0.3, 0.4) is 0 Å². The highest BCUT2D eigenvalue weighted by molar-refractivity contribution is 14.1. The Labute approximate surface area is 132 Å². The van der Waals surface area contributed by atoms with E-state index in [-0.39, 0.29) is 0 Å². The molecule has 0 amide bonds. The number of hydrogen-bond acceptors (Lipinski definition) is 2. The van der Waals surface area contributed by atoms with Crippen molar-refractivity contribution >= 4 is 22.6 Å². The number of methoxy groups -OCH3 is 1. The van der Waals surface area contributed by atoms with Crippen LogP contribution in [0.1, 0.15) is 23.1 Å². The van der Waals surface area contributed by atoms with Crippen LogP contribution in [-0.2, 0) is 18.4 Å². The summed E-state index contributed by atoms with van der Waals surface area (Å²) >= 11 is 2.30. The van der Waals surface area contributed by atoms with Gasteiger partial charge >= 0.3 is 0 Å². The molecule has 3 rings (SSSR count). The molecule has 1 unspecified atom stereocenters. The molecule has 0 bridgehead atoms. The average Bonchev–Trinajstić information content (AvgIpc) is 2.78. The summed E-state index contributed by atoms with van der Waals surface area (Å²) < 4.78 is 6.50. The van der Waals surface area contributed by atoms with E-state index in [2.05, 4.69) is 52.9 Å². The van der Waals surface area contributed by atoms with Crippen LogP contribution in [-0.4, -0.2) is 12.2 Å². The van der Waals surface area contributed by atoms with Crippen molar-refractivity contribution in [3.05, 3.63) is 62.7 Å². The van der Waals surface area contributed by atoms with Gasteiger partial charge < -0.3 is 9.84 Å². The second-order valence-electron chi connectivity index (χ2n) is 5.36. The van der Waals surface area contributed by atoms with Gasteiger partial charge in [-0.05, 0) is 76.4 Å². The maximum Gasteiger partial charge on any atom is 0.119 e. The minimum Gasteiger partial charge on any atom is -0.497 e. The molecular weight excluding hydrogens is 363 g/mol. The molecule has 0 saturated carbocycles. The first kappa shape index (κ1) is 13.9. The van der Waals surface area contributed by atoms with E-state index >= 15 is 0 Å². The first-order valence-corrected chi connectivity index (χ1v) is 7.83. The first-order valence-electron chi connectivity index (χ1n) is 6.75. The van der Waals surface area contributed by atoms with Gasteiger partial charge in [-0.1, -0.05) is 18.2 Å². The van der Waals surface area contributed by atoms with Crippen molar-refractivity contribution in [2.24, 2.45) is 0 Å². The van der Waals surface area contributed by atoms with Crippen molar-refractivity contribution in [3.8, 4) is 5.75 Å². The Morgan fingerprint density at radius 3 is 2.65 bits per heavy atom. The molecule has 0 heterocycles. The fourth-order valence-corrected chi connectivity index (χ4v) is 3.29. The van der Waals surface area contributed by atoms with E-state index in [0.29, 0.717) is 6.42 Å². The van der Waals surface area contributed by atoms with Gasteiger partial charge in [0.1, 0.15) is 5.75 Å². The van der Waals surface area contributed by atoms with Gasteiger partial charge in [0.2, 0.25) is 0 Å². The van der Waals surface area contributed by atoms with E-state index < -0.39 is 5.60 Å². The fraction of sp³-hybridized carbons (Fsp3) is 0.294. The topological polar surface area (TPSA) is 29.5 Å². The molecule has 0 aliphatic heterocycles. The van der Waals surface area contributed by atoms with Gasteiger partial charge in [0.15, 0.2) is 0 Å². The second-order valence-corrected chi connectivity index (χ2v) is 6.60. The van der Waals surface area contributed by atoms with Crippen LogP contribution >= 0.6 is 22.6 Å². The predicted molar refractivity (Wildman–Crippen MR) is 88.1 cm³/mol. The summed E-state index contributed by atoms with van der Waals surface area (Å²) in [4.78, 5) is 0. The number of rotatable bonds is 3. The fourth-order valence-electron chi connectivity index (χ4n) is 2.93. The van der Waals surface area contributed by atoms with Gasteiger partial charge in [-0.3, -0.25) is 0 Å². The van der Waals surface area contributed by atoms with Crippen molar-refractivity contribution in [2.75, 3.05) is 7.11 Å². The van der Waals surface area contributed by atoms with Gasteiger partial charge in [-0.25, -0.2) is 0 Å². The summed E-state index contributed by atoms with van der Waals surface area (Å²) in [5.74, 6) is 0.812. The van der Waals surface area contributed by atoms with Crippen molar-refractivity contribution in [1.82, 2.24) is 0 Å². The largest absolute Gasteiger partial charge is 0.497 e. The van der Waals surface area contributed by atoms with Gasteiger partial charge in [0.05, 0.1) is 12.7 Å². The normalized spacial score (nSPS) is 20.8. The summed E-state index contributed by atoms with van der Waals surface area (Å²) in [5, 5.41) is 11.0. The lowest BCUT2D eigenvalue weighted by Gasteiger charge is -2.24. The van der Waals surface area contributed by atoms with E-state index in [4.69, 9.17) is 4.74 Å². The maximum absolute atomic E-state index is 11.0. The summed E-state index contributed by atoms with van der Waals surface area (Å²) in [6.07, 6.45) is 2.37. The van der Waals surface area contributed by atoms with E-state index in [0.717, 1.165) is 24.2 Å². The Hall–Kier alpha value is -1.07. The molecule has 104 valence electrons. The smallest absolute Gasteiger partial charge is 0.119 e. The Morgan fingerprint density at radius 1 is 1.20 bits per heavy atom. The molecule has 1 aliphatic rings. The summed E-state index contributed by atoms with van der Waals surface area (Å²) in [6, 6.07) is 14.4. The molecule has 0 aromatic heterocycles. The third kappa shape index (κ3) is 2.56. The van der Waals surface area contributed by atoms with Crippen molar-refractivity contribution in [1.29, 1.82) is 0 Å². The Bertz CT molecular complexity index is 621. The highest BCUT2D eigenvalue weighted by Crippen LogP contribution is 2.41. The molecule has 1 N–H and O–H groups in total. The van der Waals surface area contributed by atoms with E-state index in [1.807, 2.05) is 12.1 Å². The lowest BCUT2D eigenvalue weighted by molar-refractivity contribution is 0.0388. The van der Waals surface area contributed by atoms with Gasteiger partial charge in [-0.15, -0.1) is 0 Å². The van der Waals surface area contributed by atoms with Crippen LogP contribution in [0.25, 0.3) is 0 Å². The van der Waals surface area contributed by atoms with Gasteiger partial charge in [0.25, 0.3) is 0 Å². The molecule has 20 heavy (non-hydrogen) atoms. The third-order valence-electron chi connectivity index (χ3n) is 4.04. The molecule has 3 heteroatoms. The molecule has 0 radical (unpaired) electrons. The van der Waals surface area contributed by atoms with Crippen molar-refractivity contribution in [2.45, 2.75) is 24.9 Å². The number of benzene rings is 2. The highest BCUT2D eigenvalue weighted by Gasteiger charge is 2.36. The Morgan fingerprint density at radius 2 is 1.95 bits per heavy atom. The van der Waals surface area contributed by atoms with Crippen LogP contribution in [0.15, 0.2) is 42.5 Å². The van der Waals surface area contributed by atoms with Crippen LogP contribution < -0.4 is 4.74 Å². The SMILES string of the molecule is COc1ccc2c(c1)C(O)(Cc1ccc(I)cc1)CC2. The number of ether oxygens (including phenoxy) is 1.